The van der Waals surface area contributed by atoms with Crippen LogP contribution in [0.5, 0.6) is 0 Å². The summed E-state index contributed by atoms with van der Waals surface area (Å²) in [6.07, 6.45) is -0.501. The topological polar surface area (TPSA) is 58.6 Å². The largest absolute Gasteiger partial charge is 0.336 e. The highest BCUT2D eigenvalue weighted by molar-refractivity contribution is 7.86. The van der Waals surface area contributed by atoms with Crippen LogP contribution in [0.3, 0.4) is 0 Å². The molecule has 1 aromatic heterocycles. The number of anilines is 1. The van der Waals surface area contributed by atoms with Crippen molar-refractivity contribution in [2.45, 2.75) is 18.0 Å². The lowest BCUT2D eigenvalue weighted by Gasteiger charge is -2.27. The van der Waals surface area contributed by atoms with Crippen LogP contribution in [0, 0.1) is 18.8 Å². The minimum Gasteiger partial charge on any atom is -0.336 e. The summed E-state index contributed by atoms with van der Waals surface area (Å²) in [6, 6.07) is 19.2. The van der Waals surface area contributed by atoms with E-state index in [-0.39, 0.29) is 10.8 Å². The van der Waals surface area contributed by atoms with Gasteiger partial charge in [0.05, 0.1) is 9.90 Å². The summed E-state index contributed by atoms with van der Waals surface area (Å²) in [6.45, 7) is 4.39. The Morgan fingerprint density at radius 3 is 2.57 bits per heavy atom. The molecule has 3 aromatic rings. The normalized spacial score (nSPS) is 23.6. The van der Waals surface area contributed by atoms with E-state index in [4.69, 9.17) is 4.18 Å². The van der Waals surface area contributed by atoms with Crippen LogP contribution in [0.25, 0.3) is 11.1 Å². The second kappa shape index (κ2) is 7.81. The van der Waals surface area contributed by atoms with Crippen LogP contribution < -0.4 is 10.2 Å². The van der Waals surface area contributed by atoms with Crippen LogP contribution in [0.1, 0.15) is 5.56 Å². The van der Waals surface area contributed by atoms with E-state index in [1.165, 1.54) is 0 Å². The SMILES string of the molecule is Cc1ccc(S(=O)(=O)OC2C3CNCC3CN2c2cc(-c3ccccc3)cs2)cc1. The second-order valence-corrected chi connectivity index (χ2v) is 10.5. The molecule has 5 nitrogen and oxygen atoms in total. The van der Waals surface area contributed by atoms with Crippen molar-refractivity contribution < 1.29 is 12.6 Å². The number of benzene rings is 2. The van der Waals surface area contributed by atoms with Crippen molar-refractivity contribution in [2.75, 3.05) is 24.5 Å². The van der Waals surface area contributed by atoms with Crippen molar-refractivity contribution in [2.24, 2.45) is 11.8 Å². The minimum absolute atomic E-state index is 0.146. The maximum Gasteiger partial charge on any atom is 0.298 e. The Hall–Kier alpha value is -2.19. The van der Waals surface area contributed by atoms with Crippen molar-refractivity contribution in [1.82, 2.24) is 5.32 Å². The summed E-state index contributed by atoms with van der Waals surface area (Å²) in [5.41, 5.74) is 3.32. The van der Waals surface area contributed by atoms with Crippen LogP contribution in [0.4, 0.5) is 5.00 Å². The first-order valence-corrected chi connectivity index (χ1v) is 12.4. The molecule has 0 radical (unpaired) electrons. The first-order valence-electron chi connectivity index (χ1n) is 10.1. The fourth-order valence-corrected chi connectivity index (χ4v) is 6.41. The van der Waals surface area contributed by atoms with Crippen molar-refractivity contribution >= 4 is 26.5 Å². The molecule has 3 unspecified atom stereocenters. The Balaban J connectivity index is 1.45. The molecule has 2 aliphatic rings. The molecule has 0 amide bonds. The van der Waals surface area contributed by atoms with Crippen molar-refractivity contribution in [3.05, 3.63) is 71.6 Å². The van der Waals surface area contributed by atoms with E-state index in [1.54, 1.807) is 35.6 Å². The third kappa shape index (κ3) is 3.67. The number of thiophene rings is 1. The number of hydrogen-bond acceptors (Lipinski definition) is 6. The summed E-state index contributed by atoms with van der Waals surface area (Å²) in [4.78, 5) is 2.34. The first-order chi connectivity index (χ1) is 14.5. The molecular weight excluding hydrogens is 416 g/mol. The number of fused-ring (bicyclic) bond motifs is 1. The number of aryl methyl sites for hydroxylation is 1. The zero-order valence-electron chi connectivity index (χ0n) is 16.7. The van der Waals surface area contributed by atoms with Gasteiger partial charge in [-0.25, -0.2) is 4.18 Å². The van der Waals surface area contributed by atoms with E-state index in [0.29, 0.717) is 5.92 Å². The van der Waals surface area contributed by atoms with Gasteiger partial charge in [-0.3, -0.25) is 0 Å². The van der Waals surface area contributed by atoms with E-state index in [0.717, 1.165) is 41.3 Å². The maximum atomic E-state index is 13.0. The zero-order valence-corrected chi connectivity index (χ0v) is 18.3. The van der Waals surface area contributed by atoms with E-state index < -0.39 is 16.3 Å². The first kappa shape index (κ1) is 19.8. The molecule has 3 heterocycles. The third-order valence-electron chi connectivity index (χ3n) is 6.01. The maximum absolute atomic E-state index is 13.0. The molecule has 2 aliphatic heterocycles. The molecule has 2 fully saturated rings. The summed E-state index contributed by atoms with van der Waals surface area (Å²) < 4.78 is 31.9. The predicted molar refractivity (Wildman–Crippen MR) is 120 cm³/mol. The lowest BCUT2D eigenvalue weighted by atomic mass is 10.00. The van der Waals surface area contributed by atoms with Crippen LogP contribution in [0.2, 0.25) is 0 Å². The molecule has 0 bridgehead atoms. The van der Waals surface area contributed by atoms with Crippen molar-refractivity contribution in [1.29, 1.82) is 0 Å². The van der Waals surface area contributed by atoms with Gasteiger partial charge in [-0.2, -0.15) is 8.42 Å². The fourth-order valence-electron chi connectivity index (χ4n) is 4.36. The van der Waals surface area contributed by atoms with Gasteiger partial charge in [0.2, 0.25) is 0 Å². The van der Waals surface area contributed by atoms with E-state index >= 15 is 0 Å². The molecule has 0 aliphatic carbocycles. The van der Waals surface area contributed by atoms with E-state index in [9.17, 15) is 8.42 Å². The average molecular weight is 441 g/mol. The summed E-state index contributed by atoms with van der Waals surface area (Å²) in [5, 5.41) is 6.57. The van der Waals surface area contributed by atoms with Crippen LogP contribution in [0.15, 0.2) is 70.9 Å². The minimum atomic E-state index is -3.85. The van der Waals surface area contributed by atoms with Crippen LogP contribution >= 0.6 is 11.3 Å². The third-order valence-corrected chi connectivity index (χ3v) is 8.27. The standard InChI is InChI=1S/C23H24N2O3S2/c1-16-7-9-20(10-8-16)30(26,27)28-23-21-13-24-12-19(21)14-25(23)22-11-18(15-29-22)17-5-3-2-4-6-17/h2-11,15,19,21,23-24H,12-14H2,1H3. The average Bonchev–Trinajstić information content (AvgIpc) is 3.46. The molecule has 7 heteroatoms. The van der Waals surface area contributed by atoms with Crippen molar-refractivity contribution in [3.63, 3.8) is 0 Å². The molecule has 1 N–H and O–H groups in total. The van der Waals surface area contributed by atoms with Crippen molar-refractivity contribution in [3.8, 4) is 11.1 Å². The van der Waals surface area contributed by atoms with Gasteiger partial charge in [0, 0.05) is 30.9 Å². The van der Waals surface area contributed by atoms with Gasteiger partial charge in [0.1, 0.15) is 0 Å². The van der Waals surface area contributed by atoms with Gasteiger partial charge in [0.15, 0.2) is 6.23 Å². The zero-order chi connectivity index (χ0) is 20.7. The lowest BCUT2D eigenvalue weighted by Crippen LogP contribution is -2.39. The lowest BCUT2D eigenvalue weighted by molar-refractivity contribution is 0.167. The van der Waals surface area contributed by atoms with E-state index in [1.807, 2.05) is 25.1 Å². The van der Waals surface area contributed by atoms with E-state index in [2.05, 4.69) is 33.8 Å². The number of nitrogens with one attached hydrogen (secondary N) is 1. The molecule has 3 atom stereocenters. The van der Waals surface area contributed by atoms with Gasteiger partial charge < -0.3 is 10.2 Å². The van der Waals surface area contributed by atoms with Crippen LogP contribution in [-0.4, -0.2) is 34.3 Å². The van der Waals surface area contributed by atoms with Gasteiger partial charge >= 0.3 is 0 Å². The number of hydrogen-bond donors (Lipinski definition) is 1. The molecule has 0 spiro atoms. The quantitative estimate of drug-likeness (QED) is 0.605. The Bertz CT molecular complexity index is 1130. The highest BCUT2D eigenvalue weighted by atomic mass is 32.2. The fraction of sp³-hybridized carbons (Fsp3) is 0.304. The molecule has 156 valence electrons. The predicted octanol–water partition coefficient (Wildman–Crippen LogP) is 4.11. The number of nitrogens with zero attached hydrogens (tertiary/aromatic N) is 1. The number of rotatable bonds is 5. The highest BCUT2D eigenvalue weighted by Crippen LogP contribution is 2.41. The summed E-state index contributed by atoms with van der Waals surface area (Å²) in [7, 11) is -3.85. The Morgan fingerprint density at radius 2 is 1.80 bits per heavy atom. The summed E-state index contributed by atoms with van der Waals surface area (Å²) >= 11 is 1.64. The molecule has 30 heavy (non-hydrogen) atoms. The Labute approximate surface area is 181 Å². The molecule has 2 aromatic carbocycles. The van der Waals surface area contributed by atoms with Crippen LogP contribution in [-0.2, 0) is 14.3 Å². The van der Waals surface area contributed by atoms with Gasteiger partial charge in [-0.05, 0) is 42.2 Å². The molecule has 2 saturated heterocycles. The van der Waals surface area contributed by atoms with Gasteiger partial charge in [-0.15, -0.1) is 11.3 Å². The monoisotopic (exact) mass is 440 g/mol. The smallest absolute Gasteiger partial charge is 0.298 e. The van der Waals surface area contributed by atoms with Gasteiger partial charge in [0.25, 0.3) is 10.1 Å². The Morgan fingerprint density at radius 1 is 1.03 bits per heavy atom. The second-order valence-electron chi connectivity index (χ2n) is 8.03. The highest BCUT2D eigenvalue weighted by Gasteiger charge is 2.47. The molecular formula is C23H24N2O3S2. The summed E-state index contributed by atoms with van der Waals surface area (Å²) in [5.74, 6) is 0.526. The van der Waals surface area contributed by atoms with Gasteiger partial charge in [-0.1, -0.05) is 48.0 Å². The Kier molecular flexibility index (Phi) is 5.14. The molecule has 0 saturated carbocycles. The molecule has 5 rings (SSSR count).